The topological polar surface area (TPSA) is 13.6 Å². The lowest BCUT2D eigenvalue weighted by Crippen LogP contribution is -1.98. The molecule has 0 aliphatic rings. The van der Waals surface area contributed by atoms with Gasteiger partial charge in [0.2, 0.25) is 0 Å². The van der Waals surface area contributed by atoms with Gasteiger partial charge in [-0.3, -0.25) is 0 Å². The molecular formula is C19H29NO. The molecule has 0 unspecified atom stereocenters. The fourth-order valence-electron chi connectivity index (χ4n) is 2.75. The molecule has 0 aliphatic carbocycles. The lowest BCUT2D eigenvalue weighted by Gasteiger charge is -2.05. The number of ether oxygens (including phenoxy) is 1. The van der Waals surface area contributed by atoms with E-state index in [9.17, 15) is 0 Å². The number of pyridine rings is 1. The van der Waals surface area contributed by atoms with Crippen LogP contribution in [0.4, 0.5) is 0 Å². The van der Waals surface area contributed by atoms with E-state index < -0.39 is 0 Å². The highest BCUT2D eigenvalue weighted by atomic mass is 16.5. The van der Waals surface area contributed by atoms with Gasteiger partial charge in [0.1, 0.15) is 0 Å². The Morgan fingerprint density at radius 3 is 2.43 bits per heavy atom. The maximum atomic E-state index is 5.81. The second kappa shape index (κ2) is 9.62. The van der Waals surface area contributed by atoms with Crippen LogP contribution < -0.4 is 0 Å². The van der Waals surface area contributed by atoms with Crippen molar-refractivity contribution in [2.24, 2.45) is 0 Å². The van der Waals surface area contributed by atoms with Crippen LogP contribution in [0.2, 0.25) is 0 Å². The number of unbranched alkanes of at least 4 members (excludes halogenated alkanes) is 7. The average Bonchev–Trinajstić information content (AvgIpc) is 2.92. The number of fused-ring (bicyclic) bond motifs is 1. The Labute approximate surface area is 129 Å². The minimum absolute atomic E-state index is 0.717. The first-order valence-electron chi connectivity index (χ1n) is 8.54. The third-order valence-electron chi connectivity index (χ3n) is 4.04. The van der Waals surface area contributed by atoms with Crippen LogP contribution in [-0.2, 0) is 11.3 Å². The Morgan fingerprint density at radius 1 is 0.857 bits per heavy atom. The smallest absolute Gasteiger partial charge is 0.0871 e. The molecule has 116 valence electrons. The number of aromatic nitrogens is 1. The number of hydrogen-bond donors (Lipinski definition) is 0. The predicted octanol–water partition coefficient (Wildman–Crippen LogP) is 5.60. The van der Waals surface area contributed by atoms with Crippen LogP contribution in [0.25, 0.3) is 5.52 Å². The van der Waals surface area contributed by atoms with Crippen molar-refractivity contribution in [3.8, 4) is 0 Å². The molecule has 2 heteroatoms. The monoisotopic (exact) mass is 287 g/mol. The second-order valence-electron chi connectivity index (χ2n) is 5.85. The van der Waals surface area contributed by atoms with Crippen molar-refractivity contribution in [2.75, 3.05) is 6.61 Å². The Hall–Kier alpha value is -1.28. The van der Waals surface area contributed by atoms with E-state index in [1.54, 1.807) is 0 Å². The van der Waals surface area contributed by atoms with Crippen molar-refractivity contribution in [3.63, 3.8) is 0 Å². The standard InChI is InChI=1S/C19H29NO/c1-2-3-4-5-6-7-8-11-16-21-17-19-14-13-18-12-9-10-15-20(18)19/h9-10,12-15H,2-8,11,16-17H2,1H3. The lowest BCUT2D eigenvalue weighted by atomic mass is 10.1. The van der Waals surface area contributed by atoms with Gasteiger partial charge in [-0.2, -0.15) is 0 Å². The molecule has 0 fully saturated rings. The van der Waals surface area contributed by atoms with Gasteiger partial charge in [0, 0.05) is 24.0 Å². The summed E-state index contributed by atoms with van der Waals surface area (Å²) in [5, 5.41) is 0. The molecule has 0 bridgehead atoms. The van der Waals surface area contributed by atoms with Crippen molar-refractivity contribution in [2.45, 2.75) is 64.9 Å². The molecule has 2 aromatic rings. The molecule has 0 saturated carbocycles. The summed E-state index contributed by atoms with van der Waals surface area (Å²) < 4.78 is 8.01. The first kappa shape index (κ1) is 16.1. The highest BCUT2D eigenvalue weighted by Crippen LogP contribution is 2.12. The summed E-state index contributed by atoms with van der Waals surface area (Å²) in [4.78, 5) is 0. The Morgan fingerprint density at radius 2 is 1.62 bits per heavy atom. The van der Waals surface area contributed by atoms with Gasteiger partial charge in [-0.25, -0.2) is 0 Å². The zero-order valence-corrected chi connectivity index (χ0v) is 13.4. The van der Waals surface area contributed by atoms with Crippen LogP contribution in [0.5, 0.6) is 0 Å². The normalized spacial score (nSPS) is 11.3. The van der Waals surface area contributed by atoms with Gasteiger partial charge in [-0.05, 0) is 30.7 Å². The van der Waals surface area contributed by atoms with Crippen molar-refractivity contribution in [1.29, 1.82) is 0 Å². The molecule has 0 saturated heterocycles. The highest BCUT2D eigenvalue weighted by molar-refractivity contribution is 5.49. The molecular weight excluding hydrogens is 258 g/mol. The van der Waals surface area contributed by atoms with Crippen molar-refractivity contribution >= 4 is 5.52 Å². The highest BCUT2D eigenvalue weighted by Gasteiger charge is 2.00. The largest absolute Gasteiger partial charge is 0.375 e. The fourth-order valence-corrected chi connectivity index (χ4v) is 2.75. The van der Waals surface area contributed by atoms with Crippen LogP contribution in [-0.4, -0.2) is 11.0 Å². The molecule has 0 aliphatic heterocycles. The van der Waals surface area contributed by atoms with Crippen molar-refractivity contribution < 1.29 is 4.74 Å². The quantitative estimate of drug-likeness (QED) is 0.491. The molecule has 0 atom stereocenters. The Balaban J connectivity index is 1.52. The SMILES string of the molecule is CCCCCCCCCCOCc1ccc2ccccn12. The molecule has 0 aromatic carbocycles. The van der Waals surface area contributed by atoms with Gasteiger partial charge in [-0.15, -0.1) is 0 Å². The first-order valence-corrected chi connectivity index (χ1v) is 8.54. The van der Waals surface area contributed by atoms with Crippen LogP contribution in [0.3, 0.4) is 0 Å². The van der Waals surface area contributed by atoms with E-state index in [1.807, 2.05) is 0 Å². The number of hydrogen-bond acceptors (Lipinski definition) is 1. The average molecular weight is 287 g/mol. The minimum atomic E-state index is 0.717. The Kier molecular flexibility index (Phi) is 7.37. The molecule has 0 radical (unpaired) electrons. The van der Waals surface area contributed by atoms with Crippen molar-refractivity contribution in [3.05, 3.63) is 42.2 Å². The lowest BCUT2D eigenvalue weighted by molar-refractivity contribution is 0.114. The van der Waals surface area contributed by atoms with Gasteiger partial charge in [-0.1, -0.05) is 57.9 Å². The maximum Gasteiger partial charge on any atom is 0.0871 e. The molecule has 2 rings (SSSR count). The van der Waals surface area contributed by atoms with Gasteiger partial charge >= 0.3 is 0 Å². The summed E-state index contributed by atoms with van der Waals surface area (Å²) >= 11 is 0. The molecule has 0 amide bonds. The van der Waals surface area contributed by atoms with Crippen LogP contribution in [0, 0.1) is 0 Å². The summed E-state index contributed by atoms with van der Waals surface area (Å²) in [7, 11) is 0. The molecule has 21 heavy (non-hydrogen) atoms. The Bertz CT molecular complexity index is 503. The van der Waals surface area contributed by atoms with Gasteiger partial charge < -0.3 is 9.14 Å². The third kappa shape index (κ3) is 5.55. The van der Waals surface area contributed by atoms with E-state index in [0.717, 1.165) is 6.61 Å². The van der Waals surface area contributed by atoms with Crippen LogP contribution in [0.15, 0.2) is 36.5 Å². The summed E-state index contributed by atoms with van der Waals surface area (Å²) in [6, 6.07) is 10.6. The zero-order valence-electron chi connectivity index (χ0n) is 13.4. The van der Waals surface area contributed by atoms with E-state index >= 15 is 0 Å². The molecule has 2 heterocycles. The number of nitrogens with zero attached hydrogens (tertiary/aromatic N) is 1. The molecule has 0 spiro atoms. The van der Waals surface area contributed by atoms with Gasteiger partial charge in [0.15, 0.2) is 0 Å². The van der Waals surface area contributed by atoms with Gasteiger partial charge in [0.25, 0.3) is 0 Å². The number of rotatable bonds is 11. The van der Waals surface area contributed by atoms with Crippen LogP contribution in [0.1, 0.15) is 64.0 Å². The first-order chi connectivity index (χ1) is 10.4. The summed E-state index contributed by atoms with van der Waals surface area (Å²) in [5.41, 5.74) is 2.48. The van der Waals surface area contributed by atoms with E-state index in [2.05, 4.69) is 47.9 Å². The van der Waals surface area contributed by atoms with E-state index in [4.69, 9.17) is 4.74 Å². The maximum absolute atomic E-state index is 5.81. The predicted molar refractivity (Wildman–Crippen MR) is 89.7 cm³/mol. The molecule has 0 N–H and O–H groups in total. The second-order valence-corrected chi connectivity index (χ2v) is 5.85. The van der Waals surface area contributed by atoms with Gasteiger partial charge in [0.05, 0.1) is 6.61 Å². The minimum Gasteiger partial charge on any atom is -0.375 e. The van der Waals surface area contributed by atoms with Crippen LogP contribution >= 0.6 is 0 Å². The molecule has 2 nitrogen and oxygen atoms in total. The fraction of sp³-hybridized carbons (Fsp3) is 0.579. The van der Waals surface area contributed by atoms with E-state index in [1.165, 1.54) is 62.6 Å². The summed E-state index contributed by atoms with van der Waals surface area (Å²) in [6.07, 6.45) is 12.9. The molecule has 2 aromatic heterocycles. The summed E-state index contributed by atoms with van der Waals surface area (Å²) in [6.45, 7) is 3.87. The van der Waals surface area contributed by atoms with E-state index in [-0.39, 0.29) is 0 Å². The van der Waals surface area contributed by atoms with Crippen molar-refractivity contribution in [1.82, 2.24) is 4.40 Å². The zero-order chi connectivity index (χ0) is 14.8. The summed E-state index contributed by atoms with van der Waals surface area (Å²) in [5.74, 6) is 0. The van der Waals surface area contributed by atoms with E-state index in [0.29, 0.717) is 6.61 Å². The third-order valence-corrected chi connectivity index (χ3v) is 4.04.